The molecule has 1 heterocycles. The first kappa shape index (κ1) is 31.7. The molecule has 6 atom stereocenters. The van der Waals surface area contributed by atoms with Crippen LogP contribution >= 0.6 is 0 Å². The molecular formula is C26H38N4O9. The van der Waals surface area contributed by atoms with Crippen LogP contribution in [-0.2, 0) is 35.1 Å². The van der Waals surface area contributed by atoms with Gasteiger partial charge in [0.25, 0.3) is 0 Å². The van der Waals surface area contributed by atoms with Gasteiger partial charge in [0.15, 0.2) is 0 Å². The van der Waals surface area contributed by atoms with E-state index in [2.05, 4.69) is 10.6 Å². The van der Waals surface area contributed by atoms with Gasteiger partial charge in [-0.15, -0.1) is 0 Å². The predicted octanol–water partition coefficient (Wildman–Crippen LogP) is -0.890. The van der Waals surface area contributed by atoms with Gasteiger partial charge in [-0.05, 0) is 31.7 Å². The number of benzene rings is 1. The van der Waals surface area contributed by atoms with E-state index in [0.717, 1.165) is 5.56 Å². The van der Waals surface area contributed by atoms with E-state index in [-0.39, 0.29) is 32.4 Å². The summed E-state index contributed by atoms with van der Waals surface area (Å²) in [6.45, 7) is 1.69. The lowest BCUT2D eigenvalue weighted by atomic mass is 9.90. The Morgan fingerprint density at radius 3 is 2.36 bits per heavy atom. The van der Waals surface area contributed by atoms with E-state index in [0.29, 0.717) is 6.42 Å². The van der Waals surface area contributed by atoms with Crippen molar-refractivity contribution in [1.82, 2.24) is 15.5 Å². The van der Waals surface area contributed by atoms with Gasteiger partial charge in [0.05, 0.1) is 18.2 Å². The summed E-state index contributed by atoms with van der Waals surface area (Å²) in [4.78, 5) is 62.3. The Labute approximate surface area is 226 Å². The van der Waals surface area contributed by atoms with Gasteiger partial charge >= 0.3 is 11.9 Å². The van der Waals surface area contributed by atoms with Gasteiger partial charge in [-0.1, -0.05) is 30.3 Å². The average Bonchev–Trinajstić information content (AvgIpc) is 2.89. The fourth-order valence-corrected chi connectivity index (χ4v) is 4.54. The third kappa shape index (κ3) is 9.93. The first-order valence-electron chi connectivity index (χ1n) is 12.8. The average molecular weight is 551 g/mol. The van der Waals surface area contributed by atoms with Crippen LogP contribution in [0.3, 0.4) is 0 Å². The molecule has 0 unspecified atom stereocenters. The number of hydrogen-bond acceptors (Lipinski definition) is 8. The van der Waals surface area contributed by atoms with Gasteiger partial charge in [-0.2, -0.15) is 0 Å². The quantitative estimate of drug-likeness (QED) is 0.168. The zero-order valence-electron chi connectivity index (χ0n) is 22.1. The molecule has 0 radical (unpaired) electrons. The summed E-state index contributed by atoms with van der Waals surface area (Å²) < 4.78 is 5.48. The number of piperidine rings is 1. The molecule has 0 spiro atoms. The molecule has 39 heavy (non-hydrogen) atoms. The SMILES string of the molecule is CO[C@H]1CCN(C(=O)[C@@H](NC(=O)[C@@H](N)Cc2ccccc2)[C@H](C)O)C[C@H]1CC(=O)N[C@@H](CCC(=O)O)C(=O)O. The van der Waals surface area contributed by atoms with Crippen molar-refractivity contribution in [2.45, 2.75) is 69.4 Å². The molecule has 1 aromatic carbocycles. The van der Waals surface area contributed by atoms with E-state index in [1.165, 1.54) is 18.9 Å². The summed E-state index contributed by atoms with van der Waals surface area (Å²) in [5.74, 6) is -4.81. The fourth-order valence-electron chi connectivity index (χ4n) is 4.54. The highest BCUT2D eigenvalue weighted by molar-refractivity contribution is 5.90. The van der Waals surface area contributed by atoms with E-state index < -0.39 is 72.3 Å². The van der Waals surface area contributed by atoms with Crippen molar-refractivity contribution in [3.05, 3.63) is 35.9 Å². The second-order valence-corrected chi connectivity index (χ2v) is 9.73. The van der Waals surface area contributed by atoms with Gasteiger partial charge in [0.1, 0.15) is 12.1 Å². The largest absolute Gasteiger partial charge is 0.481 e. The number of amides is 3. The zero-order valence-corrected chi connectivity index (χ0v) is 22.1. The van der Waals surface area contributed by atoms with Crippen LogP contribution in [0.2, 0.25) is 0 Å². The minimum absolute atomic E-state index is 0.0623. The number of carbonyl (C=O) groups excluding carboxylic acids is 3. The lowest BCUT2D eigenvalue weighted by Crippen LogP contribution is -2.59. The van der Waals surface area contributed by atoms with Crippen molar-refractivity contribution in [1.29, 1.82) is 0 Å². The minimum Gasteiger partial charge on any atom is -0.481 e. The molecule has 3 amide bonds. The third-order valence-corrected chi connectivity index (χ3v) is 6.69. The molecule has 0 saturated carbocycles. The molecule has 1 fully saturated rings. The van der Waals surface area contributed by atoms with Crippen LogP contribution in [0.1, 0.15) is 38.2 Å². The van der Waals surface area contributed by atoms with E-state index in [1.807, 2.05) is 30.3 Å². The monoisotopic (exact) mass is 550 g/mol. The summed E-state index contributed by atoms with van der Waals surface area (Å²) >= 11 is 0. The maximum atomic E-state index is 13.3. The number of nitrogens with zero attached hydrogens (tertiary/aromatic N) is 1. The Kier molecular flexibility index (Phi) is 12.3. The third-order valence-electron chi connectivity index (χ3n) is 6.69. The van der Waals surface area contributed by atoms with Crippen molar-refractivity contribution >= 4 is 29.7 Å². The summed E-state index contributed by atoms with van der Waals surface area (Å²) in [5, 5.41) is 33.3. The highest BCUT2D eigenvalue weighted by Crippen LogP contribution is 2.24. The second kappa shape index (κ2) is 15.1. The number of hydrogen-bond donors (Lipinski definition) is 6. The molecule has 2 rings (SSSR count). The van der Waals surface area contributed by atoms with Crippen LogP contribution in [0.25, 0.3) is 0 Å². The molecule has 216 valence electrons. The molecule has 1 aromatic rings. The van der Waals surface area contributed by atoms with E-state index in [1.54, 1.807) is 0 Å². The summed E-state index contributed by atoms with van der Waals surface area (Å²) in [6.07, 6.45) is -1.89. The minimum atomic E-state index is -1.37. The number of carbonyl (C=O) groups is 5. The van der Waals surface area contributed by atoms with Gasteiger partial charge in [-0.25, -0.2) is 4.79 Å². The first-order chi connectivity index (χ1) is 18.4. The van der Waals surface area contributed by atoms with E-state index >= 15 is 0 Å². The maximum Gasteiger partial charge on any atom is 0.326 e. The number of ether oxygens (including phenoxy) is 1. The molecule has 13 heteroatoms. The van der Waals surface area contributed by atoms with Crippen molar-refractivity contribution < 1.29 is 44.0 Å². The summed E-state index contributed by atoms with van der Waals surface area (Å²) in [7, 11) is 1.47. The van der Waals surface area contributed by atoms with Crippen molar-refractivity contribution in [3.8, 4) is 0 Å². The Balaban J connectivity index is 2.04. The number of nitrogens with one attached hydrogen (secondary N) is 2. The number of methoxy groups -OCH3 is 1. The normalized spacial score (nSPS) is 20.3. The van der Waals surface area contributed by atoms with Gasteiger partial charge in [-0.3, -0.25) is 19.2 Å². The molecule has 7 N–H and O–H groups in total. The molecule has 0 bridgehead atoms. The van der Waals surface area contributed by atoms with Crippen molar-refractivity contribution in [2.75, 3.05) is 20.2 Å². The topological polar surface area (TPSA) is 209 Å². The van der Waals surface area contributed by atoms with Crippen LogP contribution < -0.4 is 16.4 Å². The molecular weight excluding hydrogens is 512 g/mol. The zero-order chi connectivity index (χ0) is 29.1. The number of nitrogens with two attached hydrogens (primary N) is 1. The Hall–Kier alpha value is -3.55. The molecule has 1 saturated heterocycles. The number of aliphatic carboxylic acids is 2. The van der Waals surface area contributed by atoms with Gasteiger partial charge in [0, 0.05) is 39.0 Å². The number of aliphatic hydroxyl groups is 1. The number of aliphatic hydroxyl groups excluding tert-OH is 1. The van der Waals surface area contributed by atoms with Crippen LogP contribution in [-0.4, -0.2) is 100 Å². The summed E-state index contributed by atoms with van der Waals surface area (Å²) in [5.41, 5.74) is 6.88. The molecule has 1 aliphatic rings. The Morgan fingerprint density at radius 1 is 1.13 bits per heavy atom. The second-order valence-electron chi connectivity index (χ2n) is 9.73. The van der Waals surface area contributed by atoms with Crippen LogP contribution in [0.5, 0.6) is 0 Å². The summed E-state index contributed by atoms with van der Waals surface area (Å²) in [6, 6.07) is 5.55. The molecule has 1 aliphatic heterocycles. The Bertz CT molecular complexity index is 1000. The smallest absolute Gasteiger partial charge is 0.326 e. The Morgan fingerprint density at radius 2 is 1.79 bits per heavy atom. The lowest BCUT2D eigenvalue weighted by molar-refractivity contribution is -0.145. The van der Waals surface area contributed by atoms with Crippen LogP contribution in [0.15, 0.2) is 30.3 Å². The predicted molar refractivity (Wildman–Crippen MR) is 138 cm³/mol. The highest BCUT2D eigenvalue weighted by atomic mass is 16.5. The first-order valence-corrected chi connectivity index (χ1v) is 12.8. The van der Waals surface area contributed by atoms with Crippen LogP contribution in [0.4, 0.5) is 0 Å². The maximum absolute atomic E-state index is 13.3. The fraction of sp³-hybridized carbons (Fsp3) is 0.577. The van der Waals surface area contributed by atoms with Gasteiger partial charge in [0.2, 0.25) is 17.7 Å². The molecule has 0 aliphatic carbocycles. The highest BCUT2D eigenvalue weighted by Gasteiger charge is 2.38. The van der Waals surface area contributed by atoms with E-state index in [4.69, 9.17) is 15.6 Å². The number of likely N-dealkylation sites (tertiary alicyclic amines) is 1. The number of carboxylic acid groups (broad SMARTS) is 2. The number of carboxylic acids is 2. The number of rotatable bonds is 14. The van der Waals surface area contributed by atoms with Crippen molar-refractivity contribution in [2.24, 2.45) is 11.7 Å². The van der Waals surface area contributed by atoms with Crippen molar-refractivity contribution in [3.63, 3.8) is 0 Å². The van der Waals surface area contributed by atoms with E-state index in [9.17, 15) is 34.2 Å². The molecule has 13 nitrogen and oxygen atoms in total. The lowest BCUT2D eigenvalue weighted by Gasteiger charge is -2.39. The standard InChI is InChI=1S/C26H38N4O9/c1-15(31)23(29-24(35)18(27)12-16-6-4-3-5-7-16)25(36)30-11-10-20(39-2)17(14-30)13-21(32)28-19(26(37)38)8-9-22(33)34/h3-7,15,17-20,23,31H,8-14,27H2,1-2H3,(H,28,32)(H,29,35)(H,33,34)(H,37,38)/t15-,17+,18-,19-,20-,23-/m0/s1. The molecule has 0 aromatic heterocycles. The van der Waals surface area contributed by atoms with Gasteiger partial charge < -0.3 is 41.3 Å². The van der Waals surface area contributed by atoms with Crippen LogP contribution in [0, 0.1) is 5.92 Å².